The molecule has 0 saturated carbocycles. The molecule has 7 heteroatoms. The van der Waals surface area contributed by atoms with Crippen LogP contribution in [0, 0.1) is 13.8 Å². The van der Waals surface area contributed by atoms with E-state index in [-0.39, 0.29) is 10.6 Å². The molecule has 1 aromatic heterocycles. The van der Waals surface area contributed by atoms with Gasteiger partial charge < -0.3 is 5.73 Å². The number of halogens is 1. The van der Waals surface area contributed by atoms with Crippen molar-refractivity contribution in [1.82, 2.24) is 4.98 Å². The van der Waals surface area contributed by atoms with Gasteiger partial charge in [-0.1, -0.05) is 11.6 Å². The van der Waals surface area contributed by atoms with E-state index in [1.165, 1.54) is 18.3 Å². The topological polar surface area (TPSA) is 85.1 Å². The van der Waals surface area contributed by atoms with Crippen LogP contribution in [0.4, 0.5) is 11.4 Å². The van der Waals surface area contributed by atoms with Crippen LogP contribution in [-0.2, 0) is 10.0 Å². The molecule has 0 aliphatic carbocycles. The predicted molar refractivity (Wildman–Crippen MR) is 80.4 cm³/mol. The maximum atomic E-state index is 12.3. The smallest absolute Gasteiger partial charge is 0.262 e. The van der Waals surface area contributed by atoms with Crippen LogP contribution in [0.3, 0.4) is 0 Å². The van der Waals surface area contributed by atoms with Crippen LogP contribution in [0.2, 0.25) is 5.02 Å². The van der Waals surface area contributed by atoms with Crippen molar-refractivity contribution in [1.29, 1.82) is 0 Å². The Morgan fingerprint density at radius 2 is 1.95 bits per heavy atom. The lowest BCUT2D eigenvalue weighted by molar-refractivity contribution is 0.601. The second kappa shape index (κ2) is 5.30. The number of nitrogens with two attached hydrogens (primary N) is 1. The van der Waals surface area contributed by atoms with Crippen LogP contribution in [0.15, 0.2) is 35.5 Å². The number of hydrogen-bond acceptors (Lipinski definition) is 4. The molecular weight excluding hydrogens is 298 g/mol. The number of benzene rings is 1. The number of hydrogen-bond donors (Lipinski definition) is 2. The number of nitrogen functional groups attached to an aromatic ring is 1. The molecule has 2 aromatic rings. The van der Waals surface area contributed by atoms with Crippen molar-refractivity contribution in [2.45, 2.75) is 18.7 Å². The monoisotopic (exact) mass is 311 g/mol. The van der Waals surface area contributed by atoms with Gasteiger partial charge >= 0.3 is 0 Å². The van der Waals surface area contributed by atoms with E-state index < -0.39 is 10.0 Å². The molecule has 0 aliphatic heterocycles. The molecule has 0 atom stereocenters. The minimum Gasteiger partial charge on any atom is -0.397 e. The van der Waals surface area contributed by atoms with Crippen molar-refractivity contribution >= 4 is 33.0 Å². The molecule has 0 unspecified atom stereocenters. The van der Waals surface area contributed by atoms with Crippen LogP contribution >= 0.6 is 11.6 Å². The molecule has 1 heterocycles. The molecule has 0 saturated heterocycles. The van der Waals surface area contributed by atoms with E-state index in [0.717, 1.165) is 5.56 Å². The van der Waals surface area contributed by atoms with E-state index in [2.05, 4.69) is 9.71 Å². The van der Waals surface area contributed by atoms with Gasteiger partial charge in [0.15, 0.2) is 0 Å². The van der Waals surface area contributed by atoms with Gasteiger partial charge in [-0.15, -0.1) is 0 Å². The lowest BCUT2D eigenvalue weighted by Gasteiger charge is -2.12. The summed E-state index contributed by atoms with van der Waals surface area (Å²) in [6.45, 7) is 3.49. The molecule has 3 N–H and O–H groups in total. The van der Waals surface area contributed by atoms with E-state index in [1.54, 1.807) is 26.1 Å². The number of rotatable bonds is 3. The molecular formula is C13H14ClN3O2S. The fourth-order valence-corrected chi connectivity index (χ4v) is 3.04. The number of aromatic nitrogens is 1. The second-order valence-corrected chi connectivity index (χ2v) is 6.50. The Hall–Kier alpha value is -1.79. The van der Waals surface area contributed by atoms with Crippen molar-refractivity contribution in [2.24, 2.45) is 0 Å². The van der Waals surface area contributed by atoms with Gasteiger partial charge in [0.2, 0.25) is 0 Å². The van der Waals surface area contributed by atoms with Crippen molar-refractivity contribution in [3.8, 4) is 0 Å². The summed E-state index contributed by atoms with van der Waals surface area (Å²) in [6, 6.07) is 4.54. The number of anilines is 2. The molecule has 20 heavy (non-hydrogen) atoms. The molecule has 2 rings (SSSR count). The van der Waals surface area contributed by atoms with Crippen molar-refractivity contribution in [2.75, 3.05) is 10.5 Å². The Bertz CT molecular complexity index is 737. The summed E-state index contributed by atoms with van der Waals surface area (Å²) in [4.78, 5) is 3.97. The molecule has 5 nitrogen and oxygen atoms in total. The minimum absolute atomic E-state index is 0.0696. The minimum atomic E-state index is -3.73. The number of aryl methyl sites for hydroxylation is 2. The highest BCUT2D eigenvalue weighted by molar-refractivity contribution is 7.92. The zero-order valence-corrected chi connectivity index (χ0v) is 12.6. The highest BCUT2D eigenvalue weighted by Gasteiger charge is 2.17. The Kier molecular flexibility index (Phi) is 3.87. The fourth-order valence-electron chi connectivity index (χ4n) is 1.69. The average molecular weight is 312 g/mol. The zero-order valence-electron chi connectivity index (χ0n) is 11.0. The summed E-state index contributed by atoms with van der Waals surface area (Å²) in [6.07, 6.45) is 3.05. The van der Waals surface area contributed by atoms with Gasteiger partial charge in [0, 0.05) is 6.20 Å². The highest BCUT2D eigenvalue weighted by Crippen LogP contribution is 2.28. The normalized spacial score (nSPS) is 11.3. The van der Waals surface area contributed by atoms with Crippen LogP contribution in [0.5, 0.6) is 0 Å². The van der Waals surface area contributed by atoms with Gasteiger partial charge in [-0.25, -0.2) is 8.42 Å². The van der Waals surface area contributed by atoms with E-state index in [4.69, 9.17) is 17.3 Å². The largest absolute Gasteiger partial charge is 0.397 e. The standard InChI is InChI=1S/C13H14ClN3O2S/c1-8-3-4-16-7-12(8)17-20(18,19)10-5-9(2)13(14)11(15)6-10/h3-7,17H,15H2,1-2H3. The Labute approximate surface area is 122 Å². The summed E-state index contributed by atoms with van der Waals surface area (Å²) in [5.74, 6) is 0. The summed E-state index contributed by atoms with van der Waals surface area (Å²) >= 11 is 5.93. The molecule has 0 aliphatic rings. The van der Waals surface area contributed by atoms with Gasteiger partial charge in [0.1, 0.15) is 0 Å². The summed E-state index contributed by atoms with van der Waals surface area (Å²) in [7, 11) is -3.73. The number of pyridine rings is 1. The van der Waals surface area contributed by atoms with Gasteiger partial charge in [-0.3, -0.25) is 9.71 Å². The van der Waals surface area contributed by atoms with Crippen LogP contribution in [0.25, 0.3) is 0 Å². The Balaban J connectivity index is 2.44. The van der Waals surface area contributed by atoms with E-state index in [0.29, 0.717) is 16.3 Å². The lowest BCUT2D eigenvalue weighted by Crippen LogP contribution is -2.14. The fraction of sp³-hybridized carbons (Fsp3) is 0.154. The van der Waals surface area contributed by atoms with E-state index in [1.807, 2.05) is 0 Å². The number of nitrogens with zero attached hydrogens (tertiary/aromatic N) is 1. The van der Waals surface area contributed by atoms with Crippen molar-refractivity contribution in [3.63, 3.8) is 0 Å². The molecule has 106 valence electrons. The average Bonchev–Trinajstić information content (AvgIpc) is 2.38. The molecule has 0 spiro atoms. The van der Waals surface area contributed by atoms with Gasteiger partial charge in [0.25, 0.3) is 10.0 Å². The summed E-state index contributed by atoms with van der Waals surface area (Å²) < 4.78 is 27.2. The van der Waals surface area contributed by atoms with E-state index >= 15 is 0 Å². The first-order valence-corrected chi connectivity index (χ1v) is 7.66. The van der Waals surface area contributed by atoms with Crippen molar-refractivity contribution < 1.29 is 8.42 Å². The van der Waals surface area contributed by atoms with Gasteiger partial charge in [-0.05, 0) is 43.2 Å². The van der Waals surface area contributed by atoms with E-state index in [9.17, 15) is 8.42 Å². The highest BCUT2D eigenvalue weighted by atomic mass is 35.5. The second-order valence-electron chi connectivity index (χ2n) is 4.44. The SMILES string of the molecule is Cc1ccncc1NS(=O)(=O)c1cc(C)c(Cl)c(N)c1. The first kappa shape index (κ1) is 14.6. The molecule has 0 radical (unpaired) electrons. The molecule has 0 fully saturated rings. The third kappa shape index (κ3) is 2.86. The maximum absolute atomic E-state index is 12.3. The Morgan fingerprint density at radius 1 is 1.25 bits per heavy atom. The lowest BCUT2D eigenvalue weighted by atomic mass is 10.2. The first-order chi connectivity index (χ1) is 9.31. The molecule has 0 bridgehead atoms. The predicted octanol–water partition coefficient (Wildman–Crippen LogP) is 2.73. The third-order valence-corrected chi connectivity index (χ3v) is 4.71. The first-order valence-electron chi connectivity index (χ1n) is 5.80. The van der Waals surface area contributed by atoms with Gasteiger partial charge in [-0.2, -0.15) is 0 Å². The van der Waals surface area contributed by atoms with Crippen molar-refractivity contribution in [3.05, 3.63) is 46.7 Å². The number of nitrogens with one attached hydrogen (secondary N) is 1. The molecule has 0 amide bonds. The summed E-state index contributed by atoms with van der Waals surface area (Å²) in [5.41, 5.74) is 7.75. The third-order valence-electron chi connectivity index (χ3n) is 2.85. The van der Waals surface area contributed by atoms with Crippen LogP contribution in [0.1, 0.15) is 11.1 Å². The quantitative estimate of drug-likeness (QED) is 0.853. The molecule has 1 aromatic carbocycles. The summed E-state index contributed by atoms with van der Waals surface area (Å²) in [5, 5.41) is 0.363. The van der Waals surface area contributed by atoms with Crippen LogP contribution in [-0.4, -0.2) is 13.4 Å². The van der Waals surface area contributed by atoms with Gasteiger partial charge in [0.05, 0.1) is 27.5 Å². The number of sulfonamides is 1. The Morgan fingerprint density at radius 3 is 2.55 bits per heavy atom. The zero-order chi connectivity index (χ0) is 14.9. The maximum Gasteiger partial charge on any atom is 0.262 e. The van der Waals surface area contributed by atoms with Crippen LogP contribution < -0.4 is 10.5 Å².